The van der Waals surface area contributed by atoms with E-state index in [0.717, 1.165) is 0 Å². The van der Waals surface area contributed by atoms with Crippen LogP contribution in [-0.2, 0) is 4.74 Å². The van der Waals surface area contributed by atoms with E-state index in [4.69, 9.17) is 0 Å². The van der Waals surface area contributed by atoms with E-state index in [9.17, 15) is 26.3 Å². The molecular formula is C7H8F6O. The molecule has 2 unspecified atom stereocenters. The highest BCUT2D eigenvalue weighted by atomic mass is 19.4. The molecule has 0 spiro atoms. The third-order valence-electron chi connectivity index (χ3n) is 1.98. The van der Waals surface area contributed by atoms with Gasteiger partial charge in [-0.25, -0.2) is 13.2 Å². The molecule has 1 aliphatic rings. The Morgan fingerprint density at radius 1 is 1.14 bits per heavy atom. The van der Waals surface area contributed by atoms with Gasteiger partial charge in [-0.3, -0.25) is 0 Å². The zero-order valence-electron chi connectivity index (χ0n) is 6.95. The van der Waals surface area contributed by atoms with Crippen LogP contribution < -0.4 is 0 Å². The standard InChI is InChI=1S/C7H8F6O/c8-5(7(11,12)13)6(9,10)4-2-1-3-14-4/h4-5H,1-3H2. The molecule has 0 radical (unpaired) electrons. The Bertz CT molecular complexity index is 195. The first-order valence-corrected chi connectivity index (χ1v) is 3.96. The lowest BCUT2D eigenvalue weighted by molar-refractivity contribution is -0.267. The van der Waals surface area contributed by atoms with Crippen molar-refractivity contribution in [2.75, 3.05) is 6.61 Å². The molecule has 1 nitrogen and oxygen atoms in total. The van der Waals surface area contributed by atoms with Crippen LogP contribution in [-0.4, -0.2) is 31.0 Å². The van der Waals surface area contributed by atoms with Gasteiger partial charge in [0, 0.05) is 6.61 Å². The topological polar surface area (TPSA) is 9.23 Å². The molecule has 0 aromatic heterocycles. The monoisotopic (exact) mass is 222 g/mol. The zero-order chi connectivity index (χ0) is 11.0. The molecule has 2 atom stereocenters. The molecule has 0 aromatic carbocycles. The van der Waals surface area contributed by atoms with Gasteiger partial charge >= 0.3 is 12.1 Å². The third-order valence-corrected chi connectivity index (χ3v) is 1.98. The number of halogens is 6. The Kier molecular flexibility index (Phi) is 2.99. The van der Waals surface area contributed by atoms with Crippen molar-refractivity contribution in [1.29, 1.82) is 0 Å². The quantitative estimate of drug-likeness (QED) is 0.652. The van der Waals surface area contributed by atoms with Gasteiger partial charge in [-0.15, -0.1) is 0 Å². The van der Waals surface area contributed by atoms with Crippen molar-refractivity contribution in [2.24, 2.45) is 0 Å². The Labute approximate surface area is 76.0 Å². The molecule has 7 heteroatoms. The Morgan fingerprint density at radius 3 is 2.07 bits per heavy atom. The fourth-order valence-electron chi connectivity index (χ4n) is 1.26. The van der Waals surface area contributed by atoms with E-state index in [-0.39, 0.29) is 19.4 Å². The van der Waals surface area contributed by atoms with E-state index in [1.807, 2.05) is 0 Å². The number of hydrogen-bond donors (Lipinski definition) is 0. The van der Waals surface area contributed by atoms with E-state index in [1.54, 1.807) is 0 Å². The molecule has 0 aliphatic carbocycles. The van der Waals surface area contributed by atoms with E-state index >= 15 is 0 Å². The lowest BCUT2D eigenvalue weighted by Gasteiger charge is -2.26. The van der Waals surface area contributed by atoms with Crippen LogP contribution in [0.25, 0.3) is 0 Å². The van der Waals surface area contributed by atoms with E-state index < -0.39 is 24.4 Å². The van der Waals surface area contributed by atoms with Crippen LogP contribution in [0.2, 0.25) is 0 Å². The molecular weight excluding hydrogens is 214 g/mol. The number of alkyl halides is 6. The van der Waals surface area contributed by atoms with Crippen molar-refractivity contribution >= 4 is 0 Å². The van der Waals surface area contributed by atoms with Crippen LogP contribution in [0.1, 0.15) is 12.8 Å². The predicted molar refractivity (Wildman–Crippen MR) is 34.9 cm³/mol. The number of hydrogen-bond acceptors (Lipinski definition) is 1. The summed E-state index contributed by atoms with van der Waals surface area (Å²) < 4.78 is 77.4. The summed E-state index contributed by atoms with van der Waals surface area (Å²) in [6, 6.07) is 0. The number of ether oxygens (including phenoxy) is 1. The first-order valence-electron chi connectivity index (χ1n) is 3.96. The minimum absolute atomic E-state index is 0.0508. The fraction of sp³-hybridized carbons (Fsp3) is 1.00. The maximum atomic E-state index is 12.8. The second kappa shape index (κ2) is 3.60. The average molecular weight is 222 g/mol. The zero-order valence-corrected chi connectivity index (χ0v) is 6.95. The van der Waals surface area contributed by atoms with Crippen LogP contribution in [0.3, 0.4) is 0 Å². The first kappa shape index (κ1) is 11.6. The summed E-state index contributed by atoms with van der Waals surface area (Å²) in [6.45, 7) is -0.0508. The summed E-state index contributed by atoms with van der Waals surface area (Å²) in [7, 11) is 0. The predicted octanol–water partition coefficient (Wildman–Crippen LogP) is 2.70. The maximum absolute atomic E-state index is 12.8. The molecule has 1 saturated heterocycles. The van der Waals surface area contributed by atoms with Crippen LogP contribution in [0.4, 0.5) is 26.3 Å². The highest BCUT2D eigenvalue weighted by Crippen LogP contribution is 2.40. The van der Waals surface area contributed by atoms with Crippen molar-refractivity contribution in [3.8, 4) is 0 Å². The minimum Gasteiger partial charge on any atom is -0.372 e. The number of rotatable bonds is 2. The van der Waals surface area contributed by atoms with E-state index in [0.29, 0.717) is 0 Å². The van der Waals surface area contributed by atoms with Crippen LogP contribution in [0, 0.1) is 0 Å². The third kappa shape index (κ3) is 2.13. The highest BCUT2D eigenvalue weighted by Gasteiger charge is 2.61. The van der Waals surface area contributed by atoms with Crippen LogP contribution in [0.15, 0.2) is 0 Å². The van der Waals surface area contributed by atoms with Crippen molar-refractivity contribution in [3.63, 3.8) is 0 Å². The Balaban J connectivity index is 2.72. The molecule has 84 valence electrons. The van der Waals surface area contributed by atoms with Crippen molar-refractivity contribution in [3.05, 3.63) is 0 Å². The molecule has 0 N–H and O–H groups in total. The largest absolute Gasteiger partial charge is 0.425 e. The average Bonchev–Trinajstić information content (AvgIpc) is 2.53. The highest BCUT2D eigenvalue weighted by molar-refractivity contribution is 4.91. The first-order chi connectivity index (χ1) is 6.26. The van der Waals surface area contributed by atoms with Gasteiger partial charge in [0.15, 0.2) is 0 Å². The molecule has 0 bridgehead atoms. The van der Waals surface area contributed by atoms with Gasteiger partial charge < -0.3 is 4.74 Å². The SMILES string of the molecule is FC(C(F)(F)F)C(F)(F)C1CCCO1. The van der Waals surface area contributed by atoms with Gasteiger partial charge in [0.1, 0.15) is 6.10 Å². The van der Waals surface area contributed by atoms with E-state index in [2.05, 4.69) is 4.74 Å². The van der Waals surface area contributed by atoms with Gasteiger partial charge in [0.05, 0.1) is 0 Å². The molecule has 1 aliphatic heterocycles. The smallest absolute Gasteiger partial charge is 0.372 e. The summed E-state index contributed by atoms with van der Waals surface area (Å²) >= 11 is 0. The molecule has 1 heterocycles. The lowest BCUT2D eigenvalue weighted by Crippen LogP contribution is -2.49. The van der Waals surface area contributed by atoms with Gasteiger partial charge in [-0.05, 0) is 12.8 Å². The van der Waals surface area contributed by atoms with Crippen molar-refractivity contribution < 1.29 is 31.1 Å². The Hall–Kier alpha value is -0.460. The van der Waals surface area contributed by atoms with Crippen molar-refractivity contribution in [1.82, 2.24) is 0 Å². The normalized spacial score (nSPS) is 26.6. The molecule has 1 fully saturated rings. The fourth-order valence-corrected chi connectivity index (χ4v) is 1.26. The maximum Gasteiger partial charge on any atom is 0.425 e. The summed E-state index contributed by atoms with van der Waals surface area (Å²) in [5.74, 6) is -4.49. The van der Waals surface area contributed by atoms with Gasteiger partial charge in [-0.1, -0.05) is 0 Å². The Morgan fingerprint density at radius 2 is 1.71 bits per heavy atom. The molecule has 14 heavy (non-hydrogen) atoms. The van der Waals surface area contributed by atoms with E-state index in [1.165, 1.54) is 0 Å². The van der Waals surface area contributed by atoms with Crippen LogP contribution in [0.5, 0.6) is 0 Å². The molecule has 0 saturated carbocycles. The minimum atomic E-state index is -5.55. The summed E-state index contributed by atoms with van der Waals surface area (Å²) in [6.07, 6.45) is -11.7. The summed E-state index contributed by atoms with van der Waals surface area (Å²) in [5.41, 5.74) is 0. The van der Waals surface area contributed by atoms with Gasteiger partial charge in [0.25, 0.3) is 6.17 Å². The second-order valence-corrected chi connectivity index (χ2v) is 3.08. The van der Waals surface area contributed by atoms with Crippen LogP contribution >= 0.6 is 0 Å². The van der Waals surface area contributed by atoms with Crippen molar-refractivity contribution in [2.45, 2.75) is 37.2 Å². The van der Waals surface area contributed by atoms with Gasteiger partial charge in [0.2, 0.25) is 0 Å². The molecule has 1 rings (SSSR count). The lowest BCUT2D eigenvalue weighted by atomic mass is 10.0. The second-order valence-electron chi connectivity index (χ2n) is 3.08. The molecule has 0 amide bonds. The van der Waals surface area contributed by atoms with Gasteiger partial charge in [-0.2, -0.15) is 13.2 Å². The summed E-state index contributed by atoms with van der Waals surface area (Å²) in [4.78, 5) is 0. The molecule has 0 aromatic rings. The summed E-state index contributed by atoms with van der Waals surface area (Å²) in [5, 5.41) is 0.